The van der Waals surface area contributed by atoms with E-state index in [1.54, 1.807) is 6.92 Å². The van der Waals surface area contributed by atoms with E-state index in [1.807, 2.05) is 6.92 Å². The predicted molar refractivity (Wildman–Crippen MR) is 81.7 cm³/mol. The van der Waals surface area contributed by atoms with E-state index in [0.717, 1.165) is 0 Å². The van der Waals surface area contributed by atoms with Gasteiger partial charge >= 0.3 is 35.9 Å². The lowest BCUT2D eigenvalue weighted by Gasteiger charge is -2.33. The maximum absolute atomic E-state index is 13.2. The van der Waals surface area contributed by atoms with Gasteiger partial charge in [0.15, 0.2) is 0 Å². The van der Waals surface area contributed by atoms with Crippen LogP contribution in [-0.2, 0) is 23.8 Å². The van der Waals surface area contributed by atoms with Crippen molar-refractivity contribution in [1.29, 1.82) is 0 Å². The van der Waals surface area contributed by atoms with Crippen LogP contribution < -0.4 is 0 Å². The molecule has 0 spiro atoms. The van der Waals surface area contributed by atoms with Gasteiger partial charge in [0.05, 0.1) is 18.8 Å². The molecule has 0 saturated carbocycles. The van der Waals surface area contributed by atoms with Gasteiger partial charge in [-0.15, -0.1) is 0 Å². The van der Waals surface area contributed by atoms with Gasteiger partial charge in [-0.05, 0) is 6.42 Å². The van der Waals surface area contributed by atoms with Crippen LogP contribution >= 0.6 is 0 Å². The second-order valence-electron chi connectivity index (χ2n) is 6.05. The van der Waals surface area contributed by atoms with Crippen molar-refractivity contribution in [2.24, 2.45) is 5.92 Å². The zero-order valence-electron chi connectivity index (χ0n) is 15.8. The topological polar surface area (TPSA) is 61.8 Å². The predicted octanol–water partition coefficient (Wildman–Crippen LogP) is 4.86. The summed E-state index contributed by atoms with van der Waals surface area (Å²) in [6.07, 6.45) is -9.81. The Morgan fingerprint density at radius 3 is 1.83 bits per heavy atom. The van der Waals surface area contributed by atoms with Gasteiger partial charge in [-0.25, -0.2) is 0 Å². The van der Waals surface area contributed by atoms with E-state index in [2.05, 4.69) is 16.1 Å². The summed E-state index contributed by atoms with van der Waals surface area (Å²) in [6.45, 7) is 4.81. The maximum atomic E-state index is 13.2. The highest BCUT2D eigenvalue weighted by Crippen LogP contribution is 2.53. The van der Waals surface area contributed by atoms with Crippen LogP contribution in [0.4, 0.5) is 39.5 Å². The highest BCUT2D eigenvalue weighted by atomic mass is 19.4. The normalized spacial score (nSPS) is 14.1. The molecular weight excluding hydrogens is 443 g/mol. The van der Waals surface area contributed by atoms with Crippen molar-refractivity contribution >= 4 is 11.9 Å². The van der Waals surface area contributed by atoms with Crippen molar-refractivity contribution in [2.75, 3.05) is 13.4 Å². The first-order valence-corrected chi connectivity index (χ1v) is 8.23. The Balaban J connectivity index is 4.55. The number of ether oxygens (including phenoxy) is 3. The number of halogens is 9. The van der Waals surface area contributed by atoms with Crippen LogP contribution in [0.25, 0.3) is 0 Å². The fourth-order valence-electron chi connectivity index (χ4n) is 1.62. The number of alkyl halides is 9. The summed E-state index contributed by atoms with van der Waals surface area (Å²) in [6, 6.07) is 0. The van der Waals surface area contributed by atoms with E-state index in [9.17, 15) is 49.1 Å². The molecule has 0 rings (SSSR count). The Kier molecular flexibility index (Phi) is 9.51. The molecule has 0 aromatic carbocycles. The first-order chi connectivity index (χ1) is 13.4. The van der Waals surface area contributed by atoms with Crippen molar-refractivity contribution in [3.63, 3.8) is 0 Å². The summed E-state index contributed by atoms with van der Waals surface area (Å²) >= 11 is 0. The van der Waals surface area contributed by atoms with E-state index in [4.69, 9.17) is 4.74 Å². The maximum Gasteiger partial charge on any atom is 0.460 e. The lowest BCUT2D eigenvalue weighted by molar-refractivity contribution is -0.397. The third-order valence-electron chi connectivity index (χ3n) is 3.80. The fraction of sp³-hybridized carbons (Fsp3) is 0.750. The molecule has 0 radical (unpaired) electrons. The summed E-state index contributed by atoms with van der Waals surface area (Å²) in [5, 5.41) is 0. The van der Waals surface area contributed by atoms with E-state index in [1.165, 1.54) is 0 Å². The molecule has 176 valence electrons. The van der Waals surface area contributed by atoms with Crippen molar-refractivity contribution in [1.82, 2.24) is 0 Å². The number of rotatable bonds is 12. The molecular formula is C16H19F9O5. The van der Waals surface area contributed by atoms with Gasteiger partial charge in [0.1, 0.15) is 6.42 Å². The largest absolute Gasteiger partial charge is 0.465 e. The van der Waals surface area contributed by atoms with Crippen molar-refractivity contribution in [3.05, 3.63) is 12.3 Å². The molecule has 14 heteroatoms. The number of carbonyl (C=O) groups is 2. The van der Waals surface area contributed by atoms with Gasteiger partial charge in [0.25, 0.3) is 0 Å². The Labute approximate surface area is 165 Å². The molecule has 0 saturated heterocycles. The third-order valence-corrected chi connectivity index (χ3v) is 3.80. The van der Waals surface area contributed by atoms with Crippen LogP contribution in [0, 0.1) is 5.92 Å². The van der Waals surface area contributed by atoms with Crippen LogP contribution in [0.5, 0.6) is 0 Å². The highest BCUT2D eigenvalue weighted by Gasteiger charge is 2.81. The Hall–Kier alpha value is -2.15. The summed E-state index contributed by atoms with van der Waals surface area (Å²) < 4.78 is 127. The van der Waals surface area contributed by atoms with Crippen molar-refractivity contribution in [2.45, 2.75) is 57.1 Å². The fourth-order valence-corrected chi connectivity index (χ4v) is 1.62. The lowest BCUT2D eigenvalue weighted by Crippen LogP contribution is -2.61. The second-order valence-corrected chi connectivity index (χ2v) is 6.05. The molecule has 0 aromatic heterocycles. The molecule has 0 aliphatic heterocycles. The van der Waals surface area contributed by atoms with Crippen LogP contribution in [0.15, 0.2) is 12.3 Å². The molecule has 30 heavy (non-hydrogen) atoms. The van der Waals surface area contributed by atoms with Gasteiger partial charge in [-0.2, -0.15) is 39.5 Å². The average Bonchev–Trinajstić information content (AvgIpc) is 2.59. The van der Waals surface area contributed by atoms with Crippen LogP contribution in [-0.4, -0.2) is 49.3 Å². The molecule has 0 fully saturated rings. The minimum atomic E-state index is -7.03. The molecule has 1 unspecified atom stereocenters. The molecule has 0 N–H and O–H groups in total. The van der Waals surface area contributed by atoms with Gasteiger partial charge < -0.3 is 14.2 Å². The SMILES string of the molecule is C=C(OCOC(=O)CC(=O)OCCC(F)(F)C(F)(F)C(F)(F)C(F)(F)F)C(C)CC. The molecule has 0 amide bonds. The van der Waals surface area contributed by atoms with E-state index >= 15 is 0 Å². The molecule has 0 heterocycles. The number of hydrogen-bond acceptors (Lipinski definition) is 5. The highest BCUT2D eigenvalue weighted by molar-refractivity contribution is 5.91. The molecule has 0 aromatic rings. The molecule has 1 atom stereocenters. The lowest BCUT2D eigenvalue weighted by atomic mass is 10.0. The summed E-state index contributed by atoms with van der Waals surface area (Å²) in [7, 11) is 0. The number of esters is 2. The minimum absolute atomic E-state index is 0.0711. The van der Waals surface area contributed by atoms with Crippen LogP contribution in [0.3, 0.4) is 0 Å². The van der Waals surface area contributed by atoms with E-state index < -0.39 is 62.1 Å². The zero-order chi connectivity index (χ0) is 24.0. The van der Waals surface area contributed by atoms with Crippen molar-refractivity contribution < 1.29 is 63.3 Å². The molecule has 0 bridgehead atoms. The minimum Gasteiger partial charge on any atom is -0.465 e. The number of hydrogen-bond donors (Lipinski definition) is 0. The second kappa shape index (κ2) is 10.2. The van der Waals surface area contributed by atoms with Gasteiger partial charge in [0, 0.05) is 5.92 Å². The summed E-state index contributed by atoms with van der Waals surface area (Å²) in [5.41, 5.74) is 0. The Morgan fingerprint density at radius 2 is 1.37 bits per heavy atom. The average molecular weight is 462 g/mol. The quantitative estimate of drug-likeness (QED) is 0.136. The Morgan fingerprint density at radius 1 is 0.867 bits per heavy atom. The third kappa shape index (κ3) is 6.97. The van der Waals surface area contributed by atoms with Crippen LogP contribution in [0.1, 0.15) is 33.1 Å². The number of carbonyl (C=O) groups excluding carboxylic acids is 2. The van der Waals surface area contributed by atoms with Crippen LogP contribution in [0.2, 0.25) is 0 Å². The first-order valence-electron chi connectivity index (χ1n) is 8.23. The standard InChI is InChI=1S/C16H19F9O5/c1-4-9(2)10(3)29-8-30-12(27)7-11(26)28-6-5-13(17,18)14(19,20)15(21,22)16(23,24)25/h9H,3-8H2,1-2H3. The number of allylic oxidation sites excluding steroid dienone is 1. The van der Waals surface area contributed by atoms with E-state index in [0.29, 0.717) is 6.42 Å². The smallest absolute Gasteiger partial charge is 0.460 e. The van der Waals surface area contributed by atoms with Gasteiger partial charge in [-0.1, -0.05) is 20.4 Å². The summed E-state index contributed by atoms with van der Waals surface area (Å²) in [5.74, 6) is -22.4. The van der Waals surface area contributed by atoms with E-state index in [-0.39, 0.29) is 11.7 Å². The van der Waals surface area contributed by atoms with Gasteiger partial charge in [0.2, 0.25) is 6.79 Å². The monoisotopic (exact) mass is 462 g/mol. The molecule has 0 aliphatic carbocycles. The van der Waals surface area contributed by atoms with Crippen molar-refractivity contribution in [3.8, 4) is 0 Å². The molecule has 5 nitrogen and oxygen atoms in total. The zero-order valence-corrected chi connectivity index (χ0v) is 15.8. The summed E-state index contributed by atoms with van der Waals surface area (Å²) in [4.78, 5) is 22.6. The Bertz CT molecular complexity index is 617. The molecule has 0 aliphatic rings. The first kappa shape index (κ1) is 27.8. The van der Waals surface area contributed by atoms with Gasteiger partial charge in [-0.3, -0.25) is 9.59 Å².